The van der Waals surface area contributed by atoms with Crippen LogP contribution in [0.3, 0.4) is 0 Å². The molecule has 2 atom stereocenters. The van der Waals surface area contributed by atoms with Crippen LogP contribution >= 0.6 is 0 Å². The number of halogens is 1. The first-order valence-electron chi connectivity index (χ1n) is 11.4. The van der Waals surface area contributed by atoms with Crippen LogP contribution in [-0.2, 0) is 36.5 Å². The van der Waals surface area contributed by atoms with Crippen molar-refractivity contribution in [1.29, 1.82) is 0 Å². The molecular weight excluding hydrogens is 439 g/mol. The zero-order chi connectivity index (χ0) is 23.0. The molecule has 1 fully saturated rings. The molecule has 2 heterocycles. The summed E-state index contributed by atoms with van der Waals surface area (Å²) >= 11 is 0. The average molecular weight is 469 g/mol. The summed E-state index contributed by atoms with van der Waals surface area (Å²) in [6.45, 7) is 3.21. The van der Waals surface area contributed by atoms with Crippen LogP contribution in [0.1, 0.15) is 34.6 Å². The molecule has 3 aromatic rings. The molecule has 1 aliphatic carbocycles. The minimum absolute atomic E-state index is 0.0723. The van der Waals surface area contributed by atoms with Gasteiger partial charge in [0.1, 0.15) is 10.7 Å². The molecule has 0 bridgehead atoms. The van der Waals surface area contributed by atoms with Crippen molar-refractivity contribution in [3.63, 3.8) is 0 Å². The molecule has 1 saturated heterocycles. The number of benzene rings is 2. The van der Waals surface area contributed by atoms with Gasteiger partial charge in [-0.3, -0.25) is 4.68 Å². The summed E-state index contributed by atoms with van der Waals surface area (Å²) in [4.78, 5) is 2.55. The molecule has 0 spiro atoms. The topological polar surface area (TPSA) is 67.2 Å². The van der Waals surface area contributed by atoms with E-state index in [1.807, 2.05) is 12.1 Å². The Kier molecular flexibility index (Phi) is 6.07. The zero-order valence-corrected chi connectivity index (χ0v) is 19.6. The first kappa shape index (κ1) is 22.3. The largest absolute Gasteiger partial charge is 0.303 e. The van der Waals surface area contributed by atoms with Crippen molar-refractivity contribution in [2.75, 3.05) is 19.6 Å². The van der Waals surface area contributed by atoms with Gasteiger partial charge >= 0.3 is 0 Å². The van der Waals surface area contributed by atoms with Crippen molar-refractivity contribution in [3.8, 4) is 0 Å². The smallest absolute Gasteiger partial charge is 0.243 e. The molecule has 0 radical (unpaired) electrons. The van der Waals surface area contributed by atoms with E-state index in [0.717, 1.165) is 43.6 Å². The second kappa shape index (κ2) is 9.00. The maximum Gasteiger partial charge on any atom is 0.243 e. The van der Waals surface area contributed by atoms with E-state index in [0.29, 0.717) is 11.5 Å². The van der Waals surface area contributed by atoms with Gasteiger partial charge in [0, 0.05) is 31.9 Å². The molecule has 0 amide bonds. The van der Waals surface area contributed by atoms with Gasteiger partial charge in [-0.2, -0.15) is 5.10 Å². The van der Waals surface area contributed by atoms with Crippen LogP contribution in [0.2, 0.25) is 0 Å². The Hall–Kier alpha value is -2.55. The highest BCUT2D eigenvalue weighted by atomic mass is 32.2. The van der Waals surface area contributed by atoms with Crippen molar-refractivity contribution in [2.24, 2.45) is 13.0 Å². The normalized spacial score (nSPS) is 20.5. The number of hydrogen-bond acceptors (Lipinski definition) is 4. The number of fused-ring (bicyclic) bond motifs is 1. The summed E-state index contributed by atoms with van der Waals surface area (Å²) in [6, 6.07) is 13.9. The number of nitrogens with one attached hydrogen (secondary N) is 1. The molecule has 0 saturated carbocycles. The van der Waals surface area contributed by atoms with E-state index in [-0.39, 0.29) is 23.2 Å². The van der Waals surface area contributed by atoms with Gasteiger partial charge in [-0.1, -0.05) is 36.4 Å². The molecule has 5 rings (SSSR count). The highest BCUT2D eigenvalue weighted by Crippen LogP contribution is 2.42. The van der Waals surface area contributed by atoms with E-state index < -0.39 is 10.0 Å². The van der Waals surface area contributed by atoms with Gasteiger partial charge in [-0.15, -0.1) is 0 Å². The SMILES string of the molecule is Cn1cc(S(=O)(=O)NCc2cc3c(cc2F)CC(CN2CCC2)C3Cc2ccccc2)cn1. The monoisotopic (exact) mass is 468 g/mol. The fourth-order valence-corrected chi connectivity index (χ4v) is 6.03. The van der Waals surface area contributed by atoms with Crippen LogP contribution in [0.4, 0.5) is 4.39 Å². The summed E-state index contributed by atoms with van der Waals surface area (Å²) in [5, 5.41) is 3.92. The number of rotatable bonds is 8. The molecule has 33 heavy (non-hydrogen) atoms. The second-order valence-corrected chi connectivity index (χ2v) is 11.0. The Labute approximate surface area is 194 Å². The fraction of sp³-hybridized carbons (Fsp3) is 0.400. The Morgan fingerprint density at radius 3 is 2.64 bits per heavy atom. The number of nitrogens with zero attached hydrogens (tertiary/aromatic N) is 3. The average Bonchev–Trinajstić information content (AvgIpc) is 3.34. The maximum atomic E-state index is 15.0. The van der Waals surface area contributed by atoms with E-state index in [1.54, 1.807) is 13.1 Å². The third kappa shape index (κ3) is 4.74. The Morgan fingerprint density at radius 2 is 1.97 bits per heavy atom. The van der Waals surface area contributed by atoms with Gasteiger partial charge in [-0.25, -0.2) is 17.5 Å². The number of aryl methyl sites for hydroxylation is 1. The molecule has 174 valence electrons. The predicted molar refractivity (Wildman–Crippen MR) is 125 cm³/mol. The quantitative estimate of drug-likeness (QED) is 0.551. The van der Waals surface area contributed by atoms with E-state index in [1.165, 1.54) is 29.1 Å². The van der Waals surface area contributed by atoms with Gasteiger partial charge in [0.15, 0.2) is 0 Å². The Balaban J connectivity index is 1.40. The zero-order valence-electron chi connectivity index (χ0n) is 18.7. The first-order valence-corrected chi connectivity index (χ1v) is 12.9. The van der Waals surface area contributed by atoms with E-state index in [9.17, 15) is 12.8 Å². The van der Waals surface area contributed by atoms with Crippen LogP contribution < -0.4 is 4.72 Å². The van der Waals surface area contributed by atoms with Crippen LogP contribution in [0, 0.1) is 11.7 Å². The van der Waals surface area contributed by atoms with Crippen molar-refractivity contribution in [2.45, 2.75) is 36.6 Å². The van der Waals surface area contributed by atoms with Crippen LogP contribution in [-0.4, -0.2) is 42.7 Å². The first-order chi connectivity index (χ1) is 15.9. The summed E-state index contributed by atoms with van der Waals surface area (Å²) in [5.74, 6) is 0.366. The molecule has 1 N–H and O–H groups in total. The molecule has 1 aromatic heterocycles. The standard InChI is InChI=1S/C25H29FN4O2S/c1-29-17-22(15-27-29)33(31,32)28-14-20-12-24-19(13-25(20)26)11-21(16-30-8-5-9-30)23(24)10-18-6-3-2-4-7-18/h2-4,6-7,12-13,15,17,21,23,28H,5,8-11,14,16H2,1H3. The minimum Gasteiger partial charge on any atom is -0.303 e. The minimum atomic E-state index is -3.76. The fourth-order valence-electron chi connectivity index (χ4n) is 5.04. The summed E-state index contributed by atoms with van der Waals surface area (Å²) in [6.07, 6.45) is 5.73. The maximum absolute atomic E-state index is 15.0. The number of hydrogen-bond donors (Lipinski definition) is 1. The number of likely N-dealkylation sites (tertiary alicyclic amines) is 1. The van der Waals surface area contributed by atoms with Gasteiger partial charge in [-0.05, 0) is 66.9 Å². The molecule has 8 heteroatoms. The Bertz CT molecular complexity index is 1240. The van der Waals surface area contributed by atoms with Crippen molar-refractivity contribution >= 4 is 10.0 Å². The predicted octanol–water partition coefficient (Wildman–Crippen LogP) is 3.24. The molecule has 2 aromatic carbocycles. The number of sulfonamides is 1. The molecule has 6 nitrogen and oxygen atoms in total. The van der Waals surface area contributed by atoms with E-state index in [2.05, 4.69) is 39.0 Å². The lowest BCUT2D eigenvalue weighted by Crippen LogP contribution is -2.41. The summed E-state index contributed by atoms with van der Waals surface area (Å²) < 4.78 is 44.1. The van der Waals surface area contributed by atoms with Crippen LogP contribution in [0.25, 0.3) is 0 Å². The number of aromatic nitrogens is 2. The van der Waals surface area contributed by atoms with Crippen molar-refractivity contribution in [3.05, 3.63) is 82.9 Å². The van der Waals surface area contributed by atoms with Gasteiger partial charge in [0.25, 0.3) is 0 Å². The Morgan fingerprint density at radius 1 is 1.18 bits per heavy atom. The van der Waals surface area contributed by atoms with Gasteiger partial charge in [0.2, 0.25) is 10.0 Å². The van der Waals surface area contributed by atoms with Crippen LogP contribution in [0.5, 0.6) is 0 Å². The molecule has 2 unspecified atom stereocenters. The van der Waals surface area contributed by atoms with Crippen molar-refractivity contribution < 1.29 is 12.8 Å². The summed E-state index contributed by atoms with van der Waals surface area (Å²) in [7, 11) is -2.10. The molecular formula is C25H29FN4O2S. The van der Waals surface area contributed by atoms with E-state index >= 15 is 0 Å². The third-order valence-corrected chi connectivity index (χ3v) is 8.30. The lowest BCUT2D eigenvalue weighted by molar-refractivity contribution is 0.145. The van der Waals surface area contributed by atoms with Gasteiger partial charge in [0.05, 0.1) is 6.20 Å². The highest BCUT2D eigenvalue weighted by Gasteiger charge is 2.35. The van der Waals surface area contributed by atoms with Crippen LogP contribution in [0.15, 0.2) is 59.8 Å². The van der Waals surface area contributed by atoms with E-state index in [4.69, 9.17) is 0 Å². The summed E-state index contributed by atoms with van der Waals surface area (Å²) in [5.41, 5.74) is 3.86. The van der Waals surface area contributed by atoms with Gasteiger partial charge < -0.3 is 4.90 Å². The third-order valence-electron chi connectivity index (χ3n) is 6.94. The highest BCUT2D eigenvalue weighted by molar-refractivity contribution is 7.89. The second-order valence-electron chi connectivity index (χ2n) is 9.23. The lowest BCUT2D eigenvalue weighted by atomic mass is 9.85. The molecule has 2 aliphatic rings. The lowest BCUT2D eigenvalue weighted by Gasteiger charge is -2.35. The molecule has 1 aliphatic heterocycles. The van der Waals surface area contributed by atoms with Crippen molar-refractivity contribution in [1.82, 2.24) is 19.4 Å².